The molecule has 1 aromatic rings. The molecule has 1 amide bonds. The van der Waals surface area contributed by atoms with Crippen LogP contribution in [-0.4, -0.2) is 19.2 Å². The lowest BCUT2D eigenvalue weighted by atomic mass is 9.81. The van der Waals surface area contributed by atoms with Gasteiger partial charge in [-0.15, -0.1) is 0 Å². The minimum Gasteiger partial charge on any atom is -0.496 e. The van der Waals surface area contributed by atoms with E-state index in [9.17, 15) is 4.79 Å². The second-order valence-corrected chi connectivity index (χ2v) is 5.65. The molecule has 0 spiro atoms. The Labute approximate surface area is 126 Å². The molecular formula is C14H15IN2O2. The first-order chi connectivity index (χ1) is 9.10. The minimum absolute atomic E-state index is 0.0353. The lowest BCUT2D eigenvalue weighted by molar-refractivity contribution is -0.126. The molecule has 100 valence electrons. The van der Waals surface area contributed by atoms with Crippen LogP contribution in [0.3, 0.4) is 0 Å². The summed E-state index contributed by atoms with van der Waals surface area (Å²) in [6, 6.07) is 5.71. The average Bonchev–Trinajstić information content (AvgIpc) is 2.35. The fourth-order valence-electron chi connectivity index (χ4n) is 1.85. The number of hydrogen-bond acceptors (Lipinski definition) is 3. The van der Waals surface area contributed by atoms with Gasteiger partial charge in [-0.25, -0.2) is 5.43 Å². The van der Waals surface area contributed by atoms with E-state index < -0.39 is 0 Å². The van der Waals surface area contributed by atoms with E-state index >= 15 is 0 Å². The summed E-state index contributed by atoms with van der Waals surface area (Å²) in [6.07, 6.45) is 3.19. The summed E-state index contributed by atoms with van der Waals surface area (Å²) in [5.41, 5.74) is 4.61. The van der Waals surface area contributed by atoms with E-state index in [0.29, 0.717) is 0 Å². The summed E-state index contributed by atoms with van der Waals surface area (Å²) in [4.78, 5) is 11.6. The monoisotopic (exact) mass is 370 g/mol. The van der Waals surface area contributed by atoms with Crippen molar-refractivity contribution in [2.24, 2.45) is 11.0 Å². The molecule has 19 heavy (non-hydrogen) atoms. The Kier molecular flexibility index (Phi) is 4.57. The lowest BCUT2D eigenvalue weighted by Gasteiger charge is -2.25. The van der Waals surface area contributed by atoms with Gasteiger partial charge in [0.2, 0.25) is 5.91 Å². The fraction of sp³-hybridized carbons (Fsp3) is 0.286. The van der Waals surface area contributed by atoms with Gasteiger partial charge in [-0.3, -0.25) is 4.79 Å². The number of hydrazone groups is 1. The van der Waals surface area contributed by atoms with Gasteiger partial charge < -0.3 is 4.74 Å². The summed E-state index contributed by atoms with van der Waals surface area (Å²) >= 11 is 2.20. The van der Waals surface area contributed by atoms with Crippen LogP contribution in [0.25, 0.3) is 0 Å². The van der Waals surface area contributed by atoms with E-state index in [1.54, 1.807) is 13.3 Å². The number of amides is 1. The van der Waals surface area contributed by atoms with Crippen molar-refractivity contribution in [2.45, 2.75) is 12.8 Å². The minimum atomic E-state index is -0.0353. The number of halogens is 1. The van der Waals surface area contributed by atoms with Gasteiger partial charge in [0.25, 0.3) is 0 Å². The topological polar surface area (TPSA) is 50.7 Å². The molecule has 0 bridgehead atoms. The van der Waals surface area contributed by atoms with Crippen molar-refractivity contribution in [2.75, 3.05) is 7.11 Å². The number of benzene rings is 1. The molecule has 1 fully saturated rings. The second kappa shape index (κ2) is 6.18. The number of ether oxygens (including phenoxy) is 1. The fourth-order valence-corrected chi connectivity index (χ4v) is 2.61. The van der Waals surface area contributed by atoms with E-state index in [1.165, 1.54) is 0 Å². The van der Waals surface area contributed by atoms with Crippen molar-refractivity contribution < 1.29 is 9.53 Å². The lowest BCUT2D eigenvalue weighted by Crippen LogP contribution is -2.32. The van der Waals surface area contributed by atoms with E-state index in [-0.39, 0.29) is 11.8 Å². The van der Waals surface area contributed by atoms with Crippen LogP contribution < -0.4 is 10.2 Å². The van der Waals surface area contributed by atoms with E-state index in [1.807, 2.05) is 18.2 Å². The summed E-state index contributed by atoms with van der Waals surface area (Å²) in [7, 11) is 1.64. The average molecular weight is 370 g/mol. The highest BCUT2D eigenvalue weighted by molar-refractivity contribution is 14.1. The van der Waals surface area contributed by atoms with Gasteiger partial charge in [-0.2, -0.15) is 5.10 Å². The molecule has 1 N–H and O–H groups in total. The normalized spacial score (nSPS) is 15.4. The SMILES string of the molecule is C=C1CC(C(=O)N/N=C\c2ccc(OC)c(I)c2)C1. The Balaban J connectivity index is 1.90. The maximum absolute atomic E-state index is 11.6. The molecular weight excluding hydrogens is 355 g/mol. The van der Waals surface area contributed by atoms with Crippen molar-refractivity contribution in [3.63, 3.8) is 0 Å². The van der Waals surface area contributed by atoms with Gasteiger partial charge in [0.05, 0.1) is 16.9 Å². The zero-order valence-electron chi connectivity index (χ0n) is 10.6. The van der Waals surface area contributed by atoms with Crippen LogP contribution >= 0.6 is 22.6 Å². The molecule has 0 saturated heterocycles. The summed E-state index contributed by atoms with van der Waals surface area (Å²) in [5.74, 6) is 0.835. The summed E-state index contributed by atoms with van der Waals surface area (Å²) < 4.78 is 6.18. The van der Waals surface area contributed by atoms with Gasteiger partial charge >= 0.3 is 0 Å². The Morgan fingerprint density at radius 2 is 2.32 bits per heavy atom. The number of allylic oxidation sites excluding steroid dienone is 1. The molecule has 0 unspecified atom stereocenters. The first kappa shape index (κ1) is 14.0. The summed E-state index contributed by atoms with van der Waals surface area (Å²) in [6.45, 7) is 3.82. The van der Waals surface area contributed by atoms with Crippen molar-refractivity contribution >= 4 is 34.7 Å². The third-order valence-corrected chi connectivity index (χ3v) is 3.85. The van der Waals surface area contributed by atoms with Gasteiger partial charge in [0.1, 0.15) is 5.75 Å². The quantitative estimate of drug-likeness (QED) is 0.384. The van der Waals surface area contributed by atoms with Crippen LogP contribution in [-0.2, 0) is 4.79 Å². The first-order valence-corrected chi connectivity index (χ1v) is 7.01. The summed E-state index contributed by atoms with van der Waals surface area (Å²) in [5, 5.41) is 3.97. The number of carbonyl (C=O) groups excluding carboxylic acids is 1. The highest BCUT2D eigenvalue weighted by Gasteiger charge is 2.27. The number of hydrogen-bond donors (Lipinski definition) is 1. The van der Waals surface area contributed by atoms with Crippen molar-refractivity contribution in [1.82, 2.24) is 5.43 Å². The first-order valence-electron chi connectivity index (χ1n) is 5.93. The van der Waals surface area contributed by atoms with Crippen LogP contribution in [0.1, 0.15) is 18.4 Å². The van der Waals surface area contributed by atoms with Crippen LogP contribution in [0, 0.1) is 9.49 Å². The molecule has 1 aliphatic rings. The molecule has 0 aliphatic heterocycles. The van der Waals surface area contributed by atoms with Gasteiger partial charge in [-0.1, -0.05) is 12.2 Å². The highest BCUT2D eigenvalue weighted by Crippen LogP contribution is 2.31. The maximum Gasteiger partial charge on any atom is 0.243 e. The Morgan fingerprint density at radius 3 is 2.89 bits per heavy atom. The number of nitrogens with zero attached hydrogens (tertiary/aromatic N) is 1. The molecule has 0 heterocycles. The second-order valence-electron chi connectivity index (χ2n) is 4.48. The smallest absolute Gasteiger partial charge is 0.243 e. The molecule has 1 saturated carbocycles. The third kappa shape index (κ3) is 3.56. The largest absolute Gasteiger partial charge is 0.496 e. The molecule has 2 rings (SSSR count). The predicted molar refractivity (Wildman–Crippen MR) is 83.3 cm³/mol. The number of nitrogens with one attached hydrogen (secondary N) is 1. The Hall–Kier alpha value is -1.37. The van der Waals surface area contributed by atoms with Crippen LogP contribution in [0.15, 0.2) is 35.5 Å². The Bertz CT molecular complexity index is 532. The zero-order chi connectivity index (χ0) is 13.8. The van der Waals surface area contributed by atoms with Gasteiger partial charge in [0.15, 0.2) is 0 Å². The molecule has 0 atom stereocenters. The molecule has 1 aliphatic carbocycles. The molecule has 4 nitrogen and oxygen atoms in total. The Morgan fingerprint density at radius 1 is 1.58 bits per heavy atom. The van der Waals surface area contributed by atoms with Crippen molar-refractivity contribution in [3.05, 3.63) is 39.5 Å². The molecule has 0 aromatic heterocycles. The van der Waals surface area contributed by atoms with E-state index in [0.717, 1.165) is 33.3 Å². The highest BCUT2D eigenvalue weighted by atomic mass is 127. The van der Waals surface area contributed by atoms with Crippen LogP contribution in [0.4, 0.5) is 0 Å². The molecule has 5 heteroatoms. The zero-order valence-corrected chi connectivity index (χ0v) is 12.8. The number of rotatable bonds is 4. The van der Waals surface area contributed by atoms with Crippen molar-refractivity contribution in [3.8, 4) is 5.75 Å². The van der Waals surface area contributed by atoms with Crippen molar-refractivity contribution in [1.29, 1.82) is 0 Å². The predicted octanol–water partition coefficient (Wildman–Crippen LogP) is 2.72. The molecule has 1 aromatic carbocycles. The number of carbonyl (C=O) groups is 1. The van der Waals surface area contributed by atoms with Crippen LogP contribution in [0.5, 0.6) is 5.75 Å². The van der Waals surface area contributed by atoms with E-state index in [4.69, 9.17) is 4.74 Å². The maximum atomic E-state index is 11.6. The van der Waals surface area contributed by atoms with E-state index in [2.05, 4.69) is 39.7 Å². The standard InChI is InChI=1S/C14H15IN2O2/c1-9-5-11(6-9)14(18)17-16-8-10-3-4-13(19-2)12(15)7-10/h3-4,7-8,11H,1,5-6H2,2H3,(H,17,18)/b16-8-. The number of methoxy groups -OCH3 is 1. The third-order valence-electron chi connectivity index (χ3n) is 3.01. The molecule has 0 radical (unpaired) electrons. The van der Waals surface area contributed by atoms with Crippen LogP contribution in [0.2, 0.25) is 0 Å². The van der Waals surface area contributed by atoms with Gasteiger partial charge in [-0.05, 0) is 59.2 Å². The van der Waals surface area contributed by atoms with Gasteiger partial charge in [0, 0.05) is 5.92 Å².